The Balaban J connectivity index is 1.97. The molecule has 0 aliphatic rings. The van der Waals surface area contributed by atoms with E-state index in [1.807, 2.05) is 25.3 Å². The molecule has 2 rings (SSSR count). The van der Waals surface area contributed by atoms with Gasteiger partial charge in [0.25, 0.3) is 0 Å². The number of ether oxygens (including phenoxy) is 1. The van der Waals surface area contributed by atoms with E-state index in [-0.39, 0.29) is 17.2 Å². The summed E-state index contributed by atoms with van der Waals surface area (Å²) >= 11 is 1.36. The van der Waals surface area contributed by atoms with Crippen LogP contribution in [0.15, 0.2) is 23.7 Å². The number of hydrogen-bond acceptors (Lipinski definition) is 6. The van der Waals surface area contributed by atoms with Gasteiger partial charge in [-0.15, -0.1) is 10.2 Å². The number of carbonyl (C=O) groups is 1. The molecule has 23 heavy (non-hydrogen) atoms. The molecule has 0 bridgehead atoms. The Kier molecular flexibility index (Phi) is 6.17. The Morgan fingerprint density at radius 3 is 2.91 bits per heavy atom. The van der Waals surface area contributed by atoms with Crippen LogP contribution >= 0.6 is 11.8 Å². The summed E-state index contributed by atoms with van der Waals surface area (Å²) in [5.41, 5.74) is 0. The van der Waals surface area contributed by atoms with Crippen molar-refractivity contribution < 1.29 is 9.53 Å². The van der Waals surface area contributed by atoms with Crippen LogP contribution in [0.5, 0.6) is 0 Å². The number of nitrogens with zero attached hydrogens (tertiary/aromatic N) is 5. The summed E-state index contributed by atoms with van der Waals surface area (Å²) < 4.78 is 8.70. The van der Waals surface area contributed by atoms with E-state index in [2.05, 4.69) is 20.6 Å². The van der Waals surface area contributed by atoms with E-state index in [0.717, 1.165) is 0 Å². The Labute approximate surface area is 139 Å². The summed E-state index contributed by atoms with van der Waals surface area (Å²) in [6.07, 6.45) is 3.31. The second-order valence-electron chi connectivity index (χ2n) is 5.30. The number of amides is 1. The highest BCUT2D eigenvalue weighted by Gasteiger charge is 2.19. The maximum atomic E-state index is 12.4. The normalized spacial score (nSPS) is 12.6. The first kappa shape index (κ1) is 17.5. The first-order valence-electron chi connectivity index (χ1n) is 7.40. The first-order valence-corrected chi connectivity index (χ1v) is 8.28. The lowest BCUT2D eigenvalue weighted by Crippen LogP contribution is -2.25. The molecule has 1 unspecified atom stereocenters. The standard InChI is InChI=1S/C14H22N6O2S/c1-10(2)20-12(5-6-16-20)17-13(21)11(3)23-14-18-15-9-19(14)7-8-22-4/h5-6,9-11H,7-8H2,1-4H3,(H,17,21). The van der Waals surface area contributed by atoms with Crippen molar-refractivity contribution in [3.8, 4) is 0 Å². The summed E-state index contributed by atoms with van der Waals surface area (Å²) in [7, 11) is 1.64. The molecular formula is C14H22N6O2S. The molecule has 0 radical (unpaired) electrons. The molecule has 0 spiro atoms. The SMILES string of the molecule is COCCn1cnnc1SC(C)C(=O)Nc1ccnn1C(C)C. The number of thioether (sulfide) groups is 1. The maximum Gasteiger partial charge on any atom is 0.238 e. The van der Waals surface area contributed by atoms with Crippen molar-refractivity contribution in [1.82, 2.24) is 24.5 Å². The van der Waals surface area contributed by atoms with Crippen molar-refractivity contribution in [1.29, 1.82) is 0 Å². The van der Waals surface area contributed by atoms with Gasteiger partial charge in [0.2, 0.25) is 5.91 Å². The Bertz CT molecular complexity index is 639. The molecule has 1 amide bonds. The first-order chi connectivity index (χ1) is 11.0. The molecule has 8 nitrogen and oxygen atoms in total. The fourth-order valence-corrected chi connectivity index (χ4v) is 2.79. The highest BCUT2D eigenvalue weighted by Crippen LogP contribution is 2.22. The number of hydrogen-bond donors (Lipinski definition) is 1. The van der Waals surface area contributed by atoms with E-state index >= 15 is 0 Å². The van der Waals surface area contributed by atoms with Gasteiger partial charge in [0.1, 0.15) is 12.1 Å². The largest absolute Gasteiger partial charge is 0.383 e. The molecule has 9 heteroatoms. The maximum absolute atomic E-state index is 12.4. The van der Waals surface area contributed by atoms with Crippen molar-refractivity contribution in [3.63, 3.8) is 0 Å². The van der Waals surface area contributed by atoms with E-state index in [1.54, 1.807) is 30.4 Å². The summed E-state index contributed by atoms with van der Waals surface area (Å²) in [6.45, 7) is 7.09. The summed E-state index contributed by atoms with van der Waals surface area (Å²) in [5.74, 6) is 0.594. The third-order valence-electron chi connectivity index (χ3n) is 3.18. The van der Waals surface area contributed by atoms with E-state index < -0.39 is 0 Å². The van der Waals surface area contributed by atoms with Gasteiger partial charge in [-0.2, -0.15) is 5.10 Å². The summed E-state index contributed by atoms with van der Waals surface area (Å²) in [5, 5.41) is 15.4. The van der Waals surface area contributed by atoms with Crippen molar-refractivity contribution in [2.45, 2.75) is 43.8 Å². The molecule has 0 fully saturated rings. The fourth-order valence-electron chi connectivity index (χ4n) is 1.94. The molecule has 0 saturated heterocycles. The van der Waals surface area contributed by atoms with Crippen LogP contribution in [-0.4, -0.2) is 49.4 Å². The number of nitrogens with one attached hydrogen (secondary N) is 1. The van der Waals surface area contributed by atoms with Gasteiger partial charge in [0.05, 0.1) is 18.1 Å². The lowest BCUT2D eigenvalue weighted by Gasteiger charge is -2.15. The second kappa shape index (κ2) is 8.11. The monoisotopic (exact) mass is 338 g/mol. The molecule has 1 atom stereocenters. The van der Waals surface area contributed by atoms with E-state index in [9.17, 15) is 4.79 Å². The average molecular weight is 338 g/mol. The minimum Gasteiger partial charge on any atom is -0.383 e. The topological polar surface area (TPSA) is 86.9 Å². The number of rotatable bonds is 8. The molecule has 126 valence electrons. The Morgan fingerprint density at radius 1 is 1.43 bits per heavy atom. The van der Waals surface area contributed by atoms with E-state index in [1.165, 1.54) is 11.8 Å². The molecule has 2 heterocycles. The van der Waals surface area contributed by atoms with Crippen LogP contribution in [0.4, 0.5) is 5.82 Å². The van der Waals surface area contributed by atoms with Crippen LogP contribution in [0.3, 0.4) is 0 Å². The zero-order valence-electron chi connectivity index (χ0n) is 13.8. The molecule has 1 N–H and O–H groups in total. The van der Waals surface area contributed by atoms with Gasteiger partial charge in [-0.05, 0) is 20.8 Å². The minimum atomic E-state index is -0.309. The van der Waals surface area contributed by atoms with Crippen LogP contribution in [-0.2, 0) is 16.1 Å². The molecular weight excluding hydrogens is 316 g/mol. The van der Waals surface area contributed by atoms with Crippen molar-refractivity contribution >= 4 is 23.5 Å². The third kappa shape index (κ3) is 4.55. The lowest BCUT2D eigenvalue weighted by molar-refractivity contribution is -0.115. The molecule has 0 aromatic carbocycles. The minimum absolute atomic E-state index is 0.0984. The van der Waals surface area contributed by atoms with Crippen LogP contribution in [0, 0.1) is 0 Å². The predicted octanol–water partition coefficient (Wildman–Crippen LogP) is 1.82. The highest BCUT2D eigenvalue weighted by molar-refractivity contribution is 8.00. The predicted molar refractivity (Wildman–Crippen MR) is 88.5 cm³/mol. The number of carbonyl (C=O) groups excluding carboxylic acids is 1. The second-order valence-corrected chi connectivity index (χ2v) is 6.61. The number of methoxy groups -OCH3 is 1. The van der Waals surface area contributed by atoms with E-state index in [0.29, 0.717) is 24.1 Å². The van der Waals surface area contributed by atoms with Gasteiger partial charge < -0.3 is 14.6 Å². The molecule has 2 aromatic heterocycles. The van der Waals surface area contributed by atoms with Crippen LogP contribution in [0.25, 0.3) is 0 Å². The smallest absolute Gasteiger partial charge is 0.238 e. The zero-order chi connectivity index (χ0) is 16.8. The van der Waals surface area contributed by atoms with Crippen molar-refractivity contribution in [2.75, 3.05) is 19.0 Å². The quantitative estimate of drug-likeness (QED) is 0.739. The Hall–Kier alpha value is -1.87. The lowest BCUT2D eigenvalue weighted by atomic mass is 10.4. The van der Waals surface area contributed by atoms with Gasteiger partial charge in [-0.25, -0.2) is 4.68 Å². The van der Waals surface area contributed by atoms with Crippen LogP contribution in [0.2, 0.25) is 0 Å². The van der Waals surface area contributed by atoms with Gasteiger partial charge in [0, 0.05) is 25.8 Å². The van der Waals surface area contributed by atoms with E-state index in [4.69, 9.17) is 4.74 Å². The Morgan fingerprint density at radius 2 is 2.22 bits per heavy atom. The average Bonchev–Trinajstić information content (AvgIpc) is 3.14. The number of aromatic nitrogens is 5. The van der Waals surface area contributed by atoms with Gasteiger partial charge in [0.15, 0.2) is 5.16 Å². The molecule has 0 aliphatic heterocycles. The van der Waals surface area contributed by atoms with Gasteiger partial charge in [-0.1, -0.05) is 11.8 Å². The van der Waals surface area contributed by atoms with Crippen LogP contribution < -0.4 is 5.32 Å². The summed E-state index contributed by atoms with van der Waals surface area (Å²) in [6, 6.07) is 1.97. The van der Waals surface area contributed by atoms with Crippen molar-refractivity contribution in [2.24, 2.45) is 0 Å². The number of anilines is 1. The molecule has 0 saturated carbocycles. The summed E-state index contributed by atoms with van der Waals surface area (Å²) in [4.78, 5) is 12.4. The third-order valence-corrected chi connectivity index (χ3v) is 4.27. The van der Waals surface area contributed by atoms with Gasteiger partial charge in [-0.3, -0.25) is 4.79 Å². The highest BCUT2D eigenvalue weighted by atomic mass is 32.2. The van der Waals surface area contributed by atoms with Gasteiger partial charge >= 0.3 is 0 Å². The van der Waals surface area contributed by atoms with Crippen LogP contribution in [0.1, 0.15) is 26.8 Å². The van der Waals surface area contributed by atoms with Crippen molar-refractivity contribution in [3.05, 3.63) is 18.6 Å². The molecule has 0 aliphatic carbocycles. The zero-order valence-corrected chi connectivity index (χ0v) is 14.6. The molecule has 2 aromatic rings. The fraction of sp³-hybridized carbons (Fsp3) is 0.571.